The lowest BCUT2D eigenvalue weighted by Gasteiger charge is -2.38. The largest absolute Gasteiger partial charge is 0.372 e. The molecule has 2 saturated heterocycles. The standard InChI is InChI=1S/C20H28N2O3/c1-15-3-2-4-17(21-15)13-24-18-12-20(25-14-18)7-9-22(10-8-20)19(23)11-16-5-6-16/h2-4,16,18H,5-14H2,1H3/t18-/m1/s1. The average Bonchev–Trinajstić information content (AvgIpc) is 3.34. The van der Waals surface area contributed by atoms with Gasteiger partial charge in [0.2, 0.25) is 5.91 Å². The van der Waals surface area contributed by atoms with Crippen LogP contribution in [0.4, 0.5) is 0 Å². The van der Waals surface area contributed by atoms with Gasteiger partial charge in [0.15, 0.2) is 0 Å². The van der Waals surface area contributed by atoms with Crippen molar-refractivity contribution in [2.75, 3.05) is 19.7 Å². The molecule has 1 saturated carbocycles. The lowest BCUT2D eigenvalue weighted by molar-refractivity contribution is -0.136. The van der Waals surface area contributed by atoms with E-state index in [2.05, 4.69) is 4.98 Å². The number of hydrogen-bond acceptors (Lipinski definition) is 4. The molecule has 1 atom stereocenters. The van der Waals surface area contributed by atoms with E-state index in [-0.39, 0.29) is 11.7 Å². The molecule has 3 aliphatic rings. The van der Waals surface area contributed by atoms with Crippen LogP contribution in [0.3, 0.4) is 0 Å². The Bertz CT molecular complexity index is 621. The predicted octanol–water partition coefficient (Wildman–Crippen LogP) is 2.86. The fourth-order valence-corrected chi connectivity index (χ4v) is 4.00. The van der Waals surface area contributed by atoms with Gasteiger partial charge < -0.3 is 14.4 Å². The summed E-state index contributed by atoms with van der Waals surface area (Å²) in [5.74, 6) is 1.01. The molecule has 1 spiro atoms. The molecular weight excluding hydrogens is 316 g/mol. The molecule has 25 heavy (non-hydrogen) atoms. The van der Waals surface area contributed by atoms with Gasteiger partial charge >= 0.3 is 0 Å². The van der Waals surface area contributed by atoms with Gasteiger partial charge in [0.05, 0.1) is 30.6 Å². The minimum atomic E-state index is -0.0823. The summed E-state index contributed by atoms with van der Waals surface area (Å²) in [6.07, 6.45) is 6.17. The normalized spacial score (nSPS) is 25.5. The number of rotatable bonds is 5. The molecule has 2 aliphatic heterocycles. The zero-order valence-electron chi connectivity index (χ0n) is 15.1. The van der Waals surface area contributed by atoms with Crippen molar-refractivity contribution < 1.29 is 14.3 Å². The maximum Gasteiger partial charge on any atom is 0.222 e. The van der Waals surface area contributed by atoms with Crippen LogP contribution in [0.2, 0.25) is 0 Å². The maximum absolute atomic E-state index is 12.3. The number of hydrogen-bond donors (Lipinski definition) is 0. The van der Waals surface area contributed by atoms with Crippen LogP contribution in [0.15, 0.2) is 18.2 Å². The van der Waals surface area contributed by atoms with Gasteiger partial charge in [-0.05, 0) is 50.7 Å². The molecular formula is C20H28N2O3. The highest BCUT2D eigenvalue weighted by molar-refractivity contribution is 5.76. The molecule has 4 rings (SSSR count). The average molecular weight is 344 g/mol. The molecule has 1 amide bonds. The van der Waals surface area contributed by atoms with Gasteiger partial charge in [-0.3, -0.25) is 9.78 Å². The van der Waals surface area contributed by atoms with Crippen molar-refractivity contribution >= 4 is 5.91 Å². The number of nitrogens with zero attached hydrogens (tertiary/aromatic N) is 2. The number of piperidine rings is 1. The Morgan fingerprint density at radius 3 is 2.88 bits per heavy atom. The number of carbonyl (C=O) groups is 1. The molecule has 1 aromatic heterocycles. The second-order valence-corrected chi connectivity index (χ2v) is 7.93. The van der Waals surface area contributed by atoms with E-state index < -0.39 is 0 Å². The molecule has 136 valence electrons. The van der Waals surface area contributed by atoms with E-state index in [1.165, 1.54) is 12.8 Å². The van der Waals surface area contributed by atoms with Crippen molar-refractivity contribution in [3.05, 3.63) is 29.6 Å². The van der Waals surface area contributed by atoms with Crippen LogP contribution in [0.1, 0.15) is 49.9 Å². The number of ether oxygens (including phenoxy) is 2. The third-order valence-electron chi connectivity index (χ3n) is 5.78. The molecule has 5 nitrogen and oxygen atoms in total. The minimum Gasteiger partial charge on any atom is -0.372 e. The number of pyridine rings is 1. The lowest BCUT2D eigenvalue weighted by Crippen LogP contribution is -2.46. The fraction of sp³-hybridized carbons (Fsp3) is 0.700. The molecule has 0 N–H and O–H groups in total. The Kier molecular flexibility index (Phi) is 4.78. The molecule has 1 aromatic rings. The lowest BCUT2D eigenvalue weighted by atomic mass is 9.88. The molecule has 0 bridgehead atoms. The highest BCUT2D eigenvalue weighted by atomic mass is 16.6. The second kappa shape index (κ2) is 7.04. The third-order valence-corrected chi connectivity index (χ3v) is 5.78. The van der Waals surface area contributed by atoms with Gasteiger partial charge in [-0.1, -0.05) is 6.07 Å². The second-order valence-electron chi connectivity index (χ2n) is 7.93. The summed E-state index contributed by atoms with van der Waals surface area (Å²) in [6, 6.07) is 6.01. The number of amides is 1. The van der Waals surface area contributed by atoms with Crippen molar-refractivity contribution in [1.82, 2.24) is 9.88 Å². The monoisotopic (exact) mass is 344 g/mol. The van der Waals surface area contributed by atoms with E-state index in [4.69, 9.17) is 9.47 Å². The van der Waals surface area contributed by atoms with Crippen LogP contribution >= 0.6 is 0 Å². The zero-order chi connectivity index (χ0) is 17.3. The van der Waals surface area contributed by atoms with Gasteiger partial charge in [-0.15, -0.1) is 0 Å². The summed E-state index contributed by atoms with van der Waals surface area (Å²) >= 11 is 0. The maximum atomic E-state index is 12.3. The fourth-order valence-electron chi connectivity index (χ4n) is 4.00. The highest BCUT2D eigenvalue weighted by Crippen LogP contribution is 2.38. The van der Waals surface area contributed by atoms with Gasteiger partial charge in [-0.2, -0.15) is 0 Å². The molecule has 3 fully saturated rings. The molecule has 5 heteroatoms. The first-order valence-corrected chi connectivity index (χ1v) is 9.58. The summed E-state index contributed by atoms with van der Waals surface area (Å²) in [4.78, 5) is 18.8. The van der Waals surface area contributed by atoms with E-state index in [0.29, 0.717) is 25.0 Å². The van der Waals surface area contributed by atoms with E-state index in [1.54, 1.807) is 0 Å². The first-order valence-electron chi connectivity index (χ1n) is 9.58. The summed E-state index contributed by atoms with van der Waals surface area (Å²) in [5, 5.41) is 0. The van der Waals surface area contributed by atoms with Crippen LogP contribution in [0, 0.1) is 12.8 Å². The smallest absolute Gasteiger partial charge is 0.222 e. The number of likely N-dealkylation sites (tertiary alicyclic amines) is 1. The topological polar surface area (TPSA) is 51.7 Å². The summed E-state index contributed by atoms with van der Waals surface area (Å²) in [6.45, 7) is 4.85. The summed E-state index contributed by atoms with van der Waals surface area (Å²) in [5.41, 5.74) is 1.91. The Hall–Kier alpha value is -1.46. The number of carbonyl (C=O) groups excluding carboxylic acids is 1. The van der Waals surface area contributed by atoms with Crippen LogP contribution in [-0.2, 0) is 20.9 Å². The van der Waals surface area contributed by atoms with Crippen molar-refractivity contribution in [1.29, 1.82) is 0 Å². The Labute approximate surface area is 149 Å². The Morgan fingerprint density at radius 1 is 1.36 bits per heavy atom. The number of aromatic nitrogens is 1. The van der Waals surface area contributed by atoms with Crippen molar-refractivity contribution in [2.45, 2.75) is 63.8 Å². The zero-order valence-corrected chi connectivity index (χ0v) is 15.1. The minimum absolute atomic E-state index is 0.0823. The Balaban J connectivity index is 1.24. The van der Waals surface area contributed by atoms with Crippen LogP contribution < -0.4 is 0 Å². The third kappa shape index (κ3) is 4.21. The van der Waals surface area contributed by atoms with E-state index in [1.807, 2.05) is 30.0 Å². The highest BCUT2D eigenvalue weighted by Gasteiger charge is 2.44. The van der Waals surface area contributed by atoms with E-state index >= 15 is 0 Å². The van der Waals surface area contributed by atoms with Gasteiger partial charge in [-0.25, -0.2) is 0 Å². The molecule has 3 heterocycles. The Morgan fingerprint density at radius 2 is 2.16 bits per heavy atom. The first-order chi connectivity index (χ1) is 12.1. The SMILES string of the molecule is Cc1cccc(CO[C@H]2COC3(CCN(C(=O)CC4CC4)CC3)C2)n1. The molecule has 0 unspecified atom stereocenters. The van der Waals surface area contributed by atoms with Gasteiger partial charge in [0.25, 0.3) is 0 Å². The number of aryl methyl sites for hydroxylation is 1. The van der Waals surface area contributed by atoms with Crippen molar-refractivity contribution in [3.63, 3.8) is 0 Å². The van der Waals surface area contributed by atoms with Crippen molar-refractivity contribution in [3.8, 4) is 0 Å². The predicted molar refractivity (Wildman–Crippen MR) is 94.0 cm³/mol. The molecule has 1 aliphatic carbocycles. The van der Waals surface area contributed by atoms with Crippen LogP contribution in [0.5, 0.6) is 0 Å². The first kappa shape index (κ1) is 17.0. The van der Waals surface area contributed by atoms with E-state index in [9.17, 15) is 4.79 Å². The van der Waals surface area contributed by atoms with Crippen LogP contribution in [-0.4, -0.2) is 47.2 Å². The summed E-state index contributed by atoms with van der Waals surface area (Å²) < 4.78 is 12.2. The van der Waals surface area contributed by atoms with Crippen molar-refractivity contribution in [2.24, 2.45) is 5.92 Å². The molecule has 0 radical (unpaired) electrons. The van der Waals surface area contributed by atoms with E-state index in [0.717, 1.165) is 50.2 Å². The van der Waals surface area contributed by atoms with Gasteiger partial charge in [0.1, 0.15) is 0 Å². The van der Waals surface area contributed by atoms with Crippen LogP contribution in [0.25, 0.3) is 0 Å². The summed E-state index contributed by atoms with van der Waals surface area (Å²) in [7, 11) is 0. The van der Waals surface area contributed by atoms with Gasteiger partial charge in [0, 0.05) is 31.6 Å². The quantitative estimate of drug-likeness (QED) is 0.824. The molecule has 0 aromatic carbocycles.